The Labute approximate surface area is 146 Å². The number of rotatable bonds is 4. The lowest BCUT2D eigenvalue weighted by molar-refractivity contribution is -0.136. The molecular weight excluding hydrogens is 339 g/mol. The van der Waals surface area contributed by atoms with E-state index in [9.17, 15) is 4.79 Å². The van der Waals surface area contributed by atoms with Gasteiger partial charge < -0.3 is 4.90 Å². The summed E-state index contributed by atoms with van der Waals surface area (Å²) in [6.07, 6.45) is 0. The van der Waals surface area contributed by atoms with E-state index in [1.165, 1.54) is 0 Å². The second kappa shape index (κ2) is 7.91. The van der Waals surface area contributed by atoms with Crippen LogP contribution >= 0.6 is 35.0 Å². The Hall–Kier alpha value is -0.420. The smallest absolute Gasteiger partial charge is 0.239 e. The van der Waals surface area contributed by atoms with Crippen molar-refractivity contribution in [2.45, 2.75) is 25.9 Å². The molecule has 1 fully saturated rings. The first-order valence-electron chi connectivity index (χ1n) is 7.45. The summed E-state index contributed by atoms with van der Waals surface area (Å²) < 4.78 is 0. The third-order valence-corrected chi connectivity index (χ3v) is 5.80. The number of nitrogens with zero attached hydrogens (tertiary/aromatic N) is 2. The number of halogens is 2. The van der Waals surface area contributed by atoms with Gasteiger partial charge in [0.05, 0.1) is 12.1 Å². The van der Waals surface area contributed by atoms with Crippen LogP contribution in [0.5, 0.6) is 0 Å². The molecule has 1 aromatic rings. The molecule has 1 saturated heterocycles. The first-order chi connectivity index (χ1) is 10.4. The van der Waals surface area contributed by atoms with Gasteiger partial charge >= 0.3 is 0 Å². The standard InChI is InChI=1S/C16H22Cl2N2OS/c1-11(14-5-4-13(17)10-15(14)18)19(3)16(21)12(2)20-6-8-22-9-7-20/h4-5,10-12H,6-9H2,1-3H3. The summed E-state index contributed by atoms with van der Waals surface area (Å²) in [5.41, 5.74) is 0.920. The molecule has 1 aliphatic heterocycles. The average molecular weight is 361 g/mol. The largest absolute Gasteiger partial charge is 0.338 e. The van der Waals surface area contributed by atoms with E-state index in [0.29, 0.717) is 10.0 Å². The van der Waals surface area contributed by atoms with Crippen LogP contribution in [0.3, 0.4) is 0 Å². The summed E-state index contributed by atoms with van der Waals surface area (Å²) in [5, 5.41) is 1.20. The Balaban J connectivity index is 2.08. The first-order valence-corrected chi connectivity index (χ1v) is 9.36. The molecule has 0 bridgehead atoms. The SMILES string of the molecule is CC(C(=O)N(C)C(C)c1ccc(Cl)cc1Cl)N1CCSCC1. The van der Waals surface area contributed by atoms with E-state index in [1.807, 2.05) is 44.8 Å². The topological polar surface area (TPSA) is 23.6 Å². The van der Waals surface area contributed by atoms with Gasteiger partial charge in [-0.15, -0.1) is 0 Å². The maximum atomic E-state index is 12.7. The van der Waals surface area contributed by atoms with Crippen LogP contribution < -0.4 is 0 Å². The Morgan fingerprint density at radius 1 is 1.27 bits per heavy atom. The van der Waals surface area contributed by atoms with Crippen molar-refractivity contribution in [3.05, 3.63) is 33.8 Å². The lowest BCUT2D eigenvalue weighted by Gasteiger charge is -2.35. The van der Waals surface area contributed by atoms with Crippen LogP contribution in [0.25, 0.3) is 0 Å². The second-order valence-electron chi connectivity index (χ2n) is 5.62. The molecule has 0 aliphatic carbocycles. The van der Waals surface area contributed by atoms with Crippen LogP contribution in [-0.2, 0) is 4.79 Å². The predicted octanol–water partition coefficient (Wildman–Crippen LogP) is 3.95. The molecule has 2 atom stereocenters. The van der Waals surface area contributed by atoms with E-state index in [0.717, 1.165) is 30.2 Å². The molecule has 0 radical (unpaired) electrons. The van der Waals surface area contributed by atoms with Gasteiger partial charge in [0.25, 0.3) is 0 Å². The summed E-state index contributed by atoms with van der Waals surface area (Å²) in [7, 11) is 1.84. The van der Waals surface area contributed by atoms with Gasteiger partial charge in [-0.1, -0.05) is 29.3 Å². The summed E-state index contributed by atoms with van der Waals surface area (Å²) in [4.78, 5) is 16.8. The Kier molecular flexibility index (Phi) is 6.45. The van der Waals surface area contributed by atoms with Crippen LogP contribution in [0.4, 0.5) is 0 Å². The zero-order valence-electron chi connectivity index (χ0n) is 13.2. The average Bonchev–Trinajstić information content (AvgIpc) is 2.53. The molecule has 3 nitrogen and oxygen atoms in total. The van der Waals surface area contributed by atoms with Gasteiger partial charge in [0, 0.05) is 41.7 Å². The van der Waals surface area contributed by atoms with E-state index in [-0.39, 0.29) is 18.0 Å². The minimum Gasteiger partial charge on any atom is -0.338 e. The van der Waals surface area contributed by atoms with E-state index in [4.69, 9.17) is 23.2 Å². The molecule has 0 N–H and O–H groups in total. The van der Waals surface area contributed by atoms with Gasteiger partial charge in [0.1, 0.15) is 0 Å². The number of benzene rings is 1. The fourth-order valence-electron chi connectivity index (χ4n) is 2.66. The molecule has 122 valence electrons. The van der Waals surface area contributed by atoms with Crippen LogP contribution in [0.1, 0.15) is 25.5 Å². The zero-order valence-corrected chi connectivity index (χ0v) is 15.5. The van der Waals surface area contributed by atoms with Gasteiger partial charge in [0.2, 0.25) is 5.91 Å². The fraction of sp³-hybridized carbons (Fsp3) is 0.562. The van der Waals surface area contributed by atoms with Gasteiger partial charge in [-0.25, -0.2) is 0 Å². The molecule has 1 amide bonds. The van der Waals surface area contributed by atoms with Gasteiger partial charge in [-0.2, -0.15) is 11.8 Å². The molecule has 1 aliphatic rings. The molecular formula is C16H22Cl2N2OS. The normalized spacial score (nSPS) is 18.8. The van der Waals surface area contributed by atoms with E-state index >= 15 is 0 Å². The summed E-state index contributed by atoms with van der Waals surface area (Å²) in [6.45, 7) is 5.93. The number of hydrogen-bond acceptors (Lipinski definition) is 3. The Morgan fingerprint density at radius 2 is 1.91 bits per heavy atom. The van der Waals surface area contributed by atoms with Crippen molar-refractivity contribution < 1.29 is 4.79 Å². The minimum absolute atomic E-state index is 0.0844. The van der Waals surface area contributed by atoms with Crippen molar-refractivity contribution in [2.24, 2.45) is 0 Å². The van der Waals surface area contributed by atoms with Crippen molar-refractivity contribution in [1.29, 1.82) is 0 Å². The predicted molar refractivity (Wildman–Crippen MR) is 96.0 cm³/mol. The highest BCUT2D eigenvalue weighted by atomic mass is 35.5. The molecule has 2 unspecified atom stereocenters. The molecule has 22 heavy (non-hydrogen) atoms. The summed E-state index contributed by atoms with van der Waals surface area (Å²) in [5.74, 6) is 2.32. The Bertz CT molecular complexity index is 535. The van der Waals surface area contributed by atoms with E-state index in [1.54, 1.807) is 11.0 Å². The molecule has 0 spiro atoms. The van der Waals surface area contributed by atoms with Crippen molar-refractivity contribution in [3.8, 4) is 0 Å². The molecule has 0 saturated carbocycles. The van der Waals surface area contributed by atoms with Crippen molar-refractivity contribution in [1.82, 2.24) is 9.80 Å². The van der Waals surface area contributed by atoms with Gasteiger partial charge in [0.15, 0.2) is 0 Å². The molecule has 2 rings (SSSR count). The summed E-state index contributed by atoms with van der Waals surface area (Å²) >= 11 is 14.2. The van der Waals surface area contributed by atoms with Crippen LogP contribution in [0.2, 0.25) is 10.0 Å². The Morgan fingerprint density at radius 3 is 2.50 bits per heavy atom. The number of carbonyl (C=O) groups excluding carboxylic acids is 1. The third-order valence-electron chi connectivity index (χ3n) is 4.29. The number of amides is 1. The molecule has 1 aromatic carbocycles. The van der Waals surface area contributed by atoms with E-state index < -0.39 is 0 Å². The highest BCUT2D eigenvalue weighted by Crippen LogP contribution is 2.29. The lowest BCUT2D eigenvalue weighted by Crippen LogP contribution is -2.49. The van der Waals surface area contributed by atoms with Crippen molar-refractivity contribution >= 4 is 40.9 Å². The number of likely N-dealkylation sites (N-methyl/N-ethyl adjacent to an activating group) is 1. The van der Waals surface area contributed by atoms with E-state index in [2.05, 4.69) is 4.90 Å². The van der Waals surface area contributed by atoms with Crippen molar-refractivity contribution in [3.63, 3.8) is 0 Å². The second-order valence-corrected chi connectivity index (χ2v) is 7.68. The quantitative estimate of drug-likeness (QED) is 0.811. The number of carbonyl (C=O) groups is 1. The monoisotopic (exact) mass is 360 g/mol. The zero-order chi connectivity index (χ0) is 16.3. The third kappa shape index (κ3) is 4.10. The van der Waals surface area contributed by atoms with Gasteiger partial charge in [-0.3, -0.25) is 9.69 Å². The summed E-state index contributed by atoms with van der Waals surface area (Å²) in [6, 6.07) is 5.24. The molecule has 0 aromatic heterocycles. The minimum atomic E-state index is -0.0978. The van der Waals surface area contributed by atoms with Crippen molar-refractivity contribution in [2.75, 3.05) is 31.6 Å². The maximum Gasteiger partial charge on any atom is 0.239 e. The number of thioether (sulfide) groups is 1. The van der Waals surface area contributed by atoms with Crippen LogP contribution in [0, 0.1) is 0 Å². The molecule has 6 heteroatoms. The van der Waals surface area contributed by atoms with Crippen LogP contribution in [-0.4, -0.2) is 53.4 Å². The number of hydrogen-bond donors (Lipinski definition) is 0. The fourth-order valence-corrected chi connectivity index (χ4v) is 4.15. The van der Waals surface area contributed by atoms with Gasteiger partial charge in [-0.05, 0) is 31.5 Å². The highest BCUT2D eigenvalue weighted by Gasteiger charge is 2.28. The molecule has 1 heterocycles. The first kappa shape index (κ1) is 17.9. The van der Waals surface area contributed by atoms with Crippen LogP contribution in [0.15, 0.2) is 18.2 Å². The maximum absolute atomic E-state index is 12.7. The lowest BCUT2D eigenvalue weighted by atomic mass is 10.1. The highest BCUT2D eigenvalue weighted by molar-refractivity contribution is 7.99.